The van der Waals surface area contributed by atoms with Crippen molar-refractivity contribution in [2.45, 2.75) is 25.2 Å². The van der Waals surface area contributed by atoms with E-state index in [2.05, 4.69) is 14.8 Å². The second-order valence-corrected chi connectivity index (χ2v) is 5.09. The first-order valence-corrected chi connectivity index (χ1v) is 6.49. The zero-order valence-corrected chi connectivity index (χ0v) is 12.2. The van der Waals surface area contributed by atoms with E-state index in [0.29, 0.717) is 11.3 Å². The third-order valence-corrected chi connectivity index (χ3v) is 3.72. The summed E-state index contributed by atoms with van der Waals surface area (Å²) in [5, 5.41) is 2.73. The molecule has 0 atom stereocenters. The van der Waals surface area contributed by atoms with Crippen molar-refractivity contribution in [2.75, 3.05) is 19.5 Å². The molecule has 1 amide bonds. The van der Waals surface area contributed by atoms with Crippen molar-refractivity contribution in [3.05, 3.63) is 29.3 Å². The molecule has 1 aromatic rings. The molecule has 1 heterocycles. The molecule has 6 nitrogen and oxygen atoms in total. The van der Waals surface area contributed by atoms with E-state index in [-0.39, 0.29) is 18.7 Å². The van der Waals surface area contributed by atoms with Crippen LogP contribution in [-0.4, -0.2) is 32.1 Å². The third-order valence-electron chi connectivity index (χ3n) is 3.72. The number of aryl methyl sites for hydroxylation is 1. The molecule has 0 spiro atoms. The molecule has 2 rings (SSSR count). The number of carbonyl (C=O) groups is 3. The molecule has 6 heteroatoms. The lowest BCUT2D eigenvalue weighted by Gasteiger charge is -2.25. The van der Waals surface area contributed by atoms with Crippen LogP contribution in [0.3, 0.4) is 0 Å². The minimum Gasteiger partial charge on any atom is -0.469 e. The Balaban J connectivity index is 2.51. The van der Waals surface area contributed by atoms with Crippen LogP contribution >= 0.6 is 0 Å². The predicted octanol–water partition coefficient (Wildman–Crippen LogP) is 1.31. The Bertz CT molecular complexity index is 590. The minimum atomic E-state index is -1.27. The van der Waals surface area contributed by atoms with Gasteiger partial charge in [-0.2, -0.15) is 0 Å². The molecular formula is C15H17NO5. The molecule has 0 bridgehead atoms. The van der Waals surface area contributed by atoms with Gasteiger partial charge in [-0.05, 0) is 24.1 Å². The topological polar surface area (TPSA) is 81.7 Å². The average Bonchev–Trinajstić information content (AvgIpc) is 2.70. The van der Waals surface area contributed by atoms with E-state index in [1.165, 1.54) is 14.2 Å². The van der Waals surface area contributed by atoms with Crippen molar-refractivity contribution in [3.63, 3.8) is 0 Å². The number of carbonyl (C=O) groups excluding carboxylic acids is 3. The summed E-state index contributed by atoms with van der Waals surface area (Å²) < 4.78 is 9.34. The summed E-state index contributed by atoms with van der Waals surface area (Å²) in [5.41, 5.74) is 0.936. The van der Waals surface area contributed by atoms with Gasteiger partial charge < -0.3 is 14.8 Å². The van der Waals surface area contributed by atoms with Crippen LogP contribution in [0.15, 0.2) is 18.2 Å². The maximum atomic E-state index is 12.4. The number of benzene rings is 1. The fraction of sp³-hybridized carbons (Fsp3) is 0.400. The molecule has 1 aliphatic heterocycles. The van der Waals surface area contributed by atoms with Crippen LogP contribution in [0, 0.1) is 6.92 Å². The average molecular weight is 291 g/mol. The minimum absolute atomic E-state index is 0.208. The molecule has 0 aromatic heterocycles. The largest absolute Gasteiger partial charge is 0.469 e. The Morgan fingerprint density at radius 3 is 2.24 bits per heavy atom. The van der Waals surface area contributed by atoms with Crippen LogP contribution in [0.1, 0.15) is 24.0 Å². The van der Waals surface area contributed by atoms with Crippen LogP contribution < -0.4 is 5.32 Å². The predicted molar refractivity (Wildman–Crippen MR) is 74.8 cm³/mol. The standard InChI is InChI=1S/C15H17NO5/c1-9-4-5-10-11(6-9)16-14(19)15(10,7-12(17)20-2)8-13(18)21-3/h4-6H,7-8H2,1-3H3,(H,16,19). The number of methoxy groups -OCH3 is 2. The zero-order chi connectivity index (χ0) is 15.6. The molecule has 1 aromatic carbocycles. The summed E-state index contributed by atoms with van der Waals surface area (Å²) in [5.74, 6) is -1.50. The summed E-state index contributed by atoms with van der Waals surface area (Å²) in [6.07, 6.45) is -0.416. The Kier molecular flexibility index (Phi) is 3.97. The van der Waals surface area contributed by atoms with Crippen LogP contribution in [0.4, 0.5) is 5.69 Å². The smallest absolute Gasteiger partial charge is 0.306 e. The van der Waals surface area contributed by atoms with Crippen LogP contribution in [0.25, 0.3) is 0 Å². The Labute approximate surface area is 122 Å². The highest BCUT2D eigenvalue weighted by molar-refractivity contribution is 6.09. The van der Waals surface area contributed by atoms with Crippen LogP contribution in [-0.2, 0) is 29.3 Å². The van der Waals surface area contributed by atoms with Crippen molar-refractivity contribution in [2.24, 2.45) is 0 Å². The van der Waals surface area contributed by atoms with Gasteiger partial charge in [-0.15, -0.1) is 0 Å². The van der Waals surface area contributed by atoms with E-state index in [4.69, 9.17) is 0 Å². The third kappa shape index (κ3) is 2.61. The highest BCUT2D eigenvalue weighted by Crippen LogP contribution is 2.43. The van der Waals surface area contributed by atoms with Crippen molar-refractivity contribution in [3.8, 4) is 0 Å². The van der Waals surface area contributed by atoms with Crippen molar-refractivity contribution >= 4 is 23.5 Å². The molecule has 0 aliphatic carbocycles. The summed E-state index contributed by atoms with van der Waals surface area (Å²) in [7, 11) is 2.49. The highest BCUT2D eigenvalue weighted by Gasteiger charge is 2.50. The Hall–Kier alpha value is -2.37. The lowest BCUT2D eigenvalue weighted by atomic mass is 9.75. The normalized spacial score (nSPS) is 15.1. The first-order chi connectivity index (χ1) is 9.92. The first-order valence-electron chi connectivity index (χ1n) is 6.49. The van der Waals surface area contributed by atoms with Crippen molar-refractivity contribution in [1.29, 1.82) is 0 Å². The van der Waals surface area contributed by atoms with Gasteiger partial charge in [-0.3, -0.25) is 14.4 Å². The summed E-state index contributed by atoms with van der Waals surface area (Å²) >= 11 is 0. The molecule has 1 aliphatic rings. The SMILES string of the molecule is COC(=O)CC1(CC(=O)OC)C(=O)Nc2cc(C)ccc21. The van der Waals surface area contributed by atoms with Crippen LogP contribution in [0.2, 0.25) is 0 Å². The fourth-order valence-corrected chi connectivity index (χ4v) is 2.59. The Morgan fingerprint density at radius 2 is 1.71 bits per heavy atom. The highest BCUT2D eigenvalue weighted by atomic mass is 16.5. The second kappa shape index (κ2) is 5.55. The number of hydrogen-bond donors (Lipinski definition) is 1. The quantitative estimate of drug-likeness (QED) is 0.846. The maximum absolute atomic E-state index is 12.4. The first kappa shape index (κ1) is 15.0. The molecule has 1 N–H and O–H groups in total. The van der Waals surface area contributed by atoms with E-state index in [1.54, 1.807) is 6.07 Å². The lowest BCUT2D eigenvalue weighted by Crippen LogP contribution is -2.39. The number of amides is 1. The number of nitrogens with one attached hydrogen (secondary N) is 1. The number of anilines is 1. The molecule has 112 valence electrons. The van der Waals surface area contributed by atoms with Gasteiger partial charge in [-0.1, -0.05) is 12.1 Å². The van der Waals surface area contributed by atoms with E-state index in [0.717, 1.165) is 5.56 Å². The van der Waals surface area contributed by atoms with E-state index in [9.17, 15) is 14.4 Å². The molecule has 0 saturated heterocycles. The van der Waals surface area contributed by atoms with E-state index >= 15 is 0 Å². The van der Waals surface area contributed by atoms with Crippen molar-refractivity contribution < 1.29 is 23.9 Å². The second-order valence-electron chi connectivity index (χ2n) is 5.09. The summed E-state index contributed by atoms with van der Waals surface area (Å²) in [6.45, 7) is 1.90. The van der Waals surface area contributed by atoms with Gasteiger partial charge in [-0.25, -0.2) is 0 Å². The van der Waals surface area contributed by atoms with Gasteiger partial charge in [0.05, 0.1) is 32.5 Å². The monoisotopic (exact) mass is 291 g/mol. The molecule has 21 heavy (non-hydrogen) atoms. The van der Waals surface area contributed by atoms with E-state index < -0.39 is 17.4 Å². The number of fused-ring (bicyclic) bond motifs is 1. The molecular weight excluding hydrogens is 274 g/mol. The van der Waals surface area contributed by atoms with Gasteiger partial charge in [0.1, 0.15) is 0 Å². The van der Waals surface area contributed by atoms with Crippen LogP contribution in [0.5, 0.6) is 0 Å². The van der Waals surface area contributed by atoms with Crippen molar-refractivity contribution in [1.82, 2.24) is 0 Å². The molecule has 0 fully saturated rings. The van der Waals surface area contributed by atoms with Gasteiger partial charge in [0.25, 0.3) is 0 Å². The number of ether oxygens (including phenoxy) is 2. The summed E-state index contributed by atoms with van der Waals surface area (Å²) in [4.78, 5) is 35.9. The summed E-state index contributed by atoms with van der Waals surface area (Å²) in [6, 6.07) is 5.40. The van der Waals surface area contributed by atoms with E-state index in [1.807, 2.05) is 19.1 Å². The number of rotatable bonds is 4. The molecule has 0 saturated carbocycles. The Morgan fingerprint density at radius 1 is 1.14 bits per heavy atom. The lowest BCUT2D eigenvalue weighted by molar-refractivity contribution is -0.148. The molecule has 0 radical (unpaired) electrons. The van der Waals surface area contributed by atoms with Gasteiger partial charge in [0.2, 0.25) is 5.91 Å². The fourth-order valence-electron chi connectivity index (χ4n) is 2.59. The zero-order valence-electron chi connectivity index (χ0n) is 12.2. The molecule has 0 unspecified atom stereocenters. The number of hydrogen-bond acceptors (Lipinski definition) is 5. The maximum Gasteiger partial charge on any atom is 0.306 e. The van der Waals surface area contributed by atoms with Gasteiger partial charge >= 0.3 is 11.9 Å². The number of esters is 2. The van der Waals surface area contributed by atoms with Gasteiger partial charge in [0, 0.05) is 5.69 Å². The van der Waals surface area contributed by atoms with Gasteiger partial charge in [0.15, 0.2) is 0 Å².